The van der Waals surface area contributed by atoms with Gasteiger partial charge in [0, 0.05) is 10.8 Å². The quantitative estimate of drug-likeness (QED) is 0.0376. The van der Waals surface area contributed by atoms with Crippen molar-refractivity contribution in [2.24, 2.45) is 19.3 Å². The summed E-state index contributed by atoms with van der Waals surface area (Å²) >= 11 is 0.956. The fraction of sp³-hybridized carbons (Fsp3) is 0.310. The van der Waals surface area contributed by atoms with Crippen LogP contribution in [0.3, 0.4) is 0 Å². The van der Waals surface area contributed by atoms with Crippen LogP contribution in [0.2, 0.25) is 0 Å². The van der Waals surface area contributed by atoms with Crippen LogP contribution in [-0.4, -0.2) is 97.7 Å². The molecule has 0 saturated carbocycles. The molecule has 0 bridgehead atoms. The molecule has 55 heavy (non-hydrogen) atoms. The zero-order valence-electron chi connectivity index (χ0n) is 28.7. The molecule has 296 valence electrons. The van der Waals surface area contributed by atoms with Gasteiger partial charge >= 0.3 is 22.5 Å². The van der Waals surface area contributed by atoms with Gasteiger partial charge in [-0.2, -0.15) is 26.7 Å². The molecule has 0 radical (unpaired) electrons. The Balaban J connectivity index is 0.000000876. The molecule has 1 aliphatic rings. The van der Waals surface area contributed by atoms with Crippen LogP contribution in [0.1, 0.15) is 19.5 Å². The molecule has 26 heteroatoms. The minimum atomic E-state index is -5.19. The molecule has 1 fully saturated rings. The number of hydrogen-bond donors (Lipinski definition) is 5. The Morgan fingerprint density at radius 3 is 2.40 bits per heavy atom. The predicted octanol–water partition coefficient (Wildman–Crippen LogP) is -0.428. The van der Waals surface area contributed by atoms with Crippen LogP contribution in [0.15, 0.2) is 53.1 Å². The van der Waals surface area contributed by atoms with Crippen molar-refractivity contribution in [2.45, 2.75) is 37.7 Å². The van der Waals surface area contributed by atoms with Crippen molar-refractivity contribution in [3.63, 3.8) is 0 Å². The highest BCUT2D eigenvalue weighted by molar-refractivity contribution is 7.80. The van der Waals surface area contributed by atoms with Gasteiger partial charge in [-0.3, -0.25) is 14.1 Å². The topological polar surface area (TPSA) is 294 Å². The van der Waals surface area contributed by atoms with Gasteiger partial charge in [-0.15, -0.1) is 25.0 Å². The van der Waals surface area contributed by atoms with E-state index in [1.807, 2.05) is 41.8 Å². The maximum atomic E-state index is 13.2. The van der Waals surface area contributed by atoms with Crippen molar-refractivity contribution >= 4 is 78.9 Å². The van der Waals surface area contributed by atoms with Crippen LogP contribution in [0.4, 0.5) is 29.9 Å². The summed E-state index contributed by atoms with van der Waals surface area (Å²) in [6, 6.07) is 9.16. The number of amides is 2. The highest BCUT2D eigenvalue weighted by atomic mass is 32.3. The van der Waals surface area contributed by atoms with Crippen LogP contribution in [0.5, 0.6) is 5.75 Å². The molecule has 0 spiro atoms. The Morgan fingerprint density at radius 1 is 1.20 bits per heavy atom. The van der Waals surface area contributed by atoms with Crippen molar-refractivity contribution in [1.82, 2.24) is 25.0 Å². The van der Waals surface area contributed by atoms with Crippen LogP contribution in [0.25, 0.3) is 10.9 Å². The number of carbonyl (C=O) groups excluding carboxylic acids is 3. The second-order valence-electron chi connectivity index (χ2n) is 11.7. The number of carboxylic acids is 2. The number of fused-ring (bicyclic) bond motifs is 1. The first-order chi connectivity index (χ1) is 25.5. The monoisotopic (exact) mass is 817 g/mol. The molecule has 1 aliphatic heterocycles. The lowest BCUT2D eigenvalue weighted by atomic mass is 9.84. The summed E-state index contributed by atoms with van der Waals surface area (Å²) in [7, 11) is -1.22. The number of nitrogens with two attached hydrogens (primary N) is 1. The summed E-state index contributed by atoms with van der Waals surface area (Å²) in [4.78, 5) is 60.4. The molecule has 2 amide bonds. The third kappa shape index (κ3) is 10.3. The normalized spacial score (nSPS) is 16.0. The van der Waals surface area contributed by atoms with Crippen molar-refractivity contribution in [2.75, 3.05) is 17.7 Å². The Hall–Kier alpha value is -6.12. The first-order valence-corrected chi connectivity index (χ1v) is 17.3. The fourth-order valence-electron chi connectivity index (χ4n) is 4.53. The highest BCUT2D eigenvalue weighted by Gasteiger charge is 2.58. The number of nitrogens with zero attached hydrogens (tertiary/aromatic N) is 6. The van der Waals surface area contributed by atoms with Crippen LogP contribution >= 0.6 is 11.3 Å². The van der Waals surface area contributed by atoms with E-state index in [-0.39, 0.29) is 10.8 Å². The van der Waals surface area contributed by atoms with Gasteiger partial charge in [0.2, 0.25) is 0 Å². The minimum absolute atomic E-state index is 0.0548. The van der Waals surface area contributed by atoms with Gasteiger partial charge in [-0.1, -0.05) is 5.16 Å². The van der Waals surface area contributed by atoms with E-state index in [1.54, 1.807) is 24.3 Å². The van der Waals surface area contributed by atoms with E-state index in [9.17, 15) is 41.1 Å². The Kier molecular flexibility index (Phi) is 12.2. The standard InChI is InChI=1S/C27H29N9O10S2.C2HF3O2/c1-27(2)22(24(38)36(27)46-48(41,42)43)32-23(37)21(17-13-47-26(28)30-17)33-45-18(25(39)40)12-44-15-6-7-16-14(11-15)5-8-19(29-16)31-20-9-10-34(3)35(20)4;3-2(4,5)1(6)7/h5-11,13,18,22H,12H2,1-4H3,(H5,28,30,32,37,39,40,41,42,43);(H,6,7)/b33-21-;/t18?,22-;/m1./s1. The lowest BCUT2D eigenvalue weighted by Gasteiger charge is -2.50. The summed E-state index contributed by atoms with van der Waals surface area (Å²) in [6.07, 6.45) is -4.99. The van der Waals surface area contributed by atoms with E-state index < -0.39 is 70.3 Å². The van der Waals surface area contributed by atoms with Crippen molar-refractivity contribution < 1.29 is 74.1 Å². The summed E-state index contributed by atoms with van der Waals surface area (Å²) in [5.74, 6) is -4.73. The zero-order valence-corrected chi connectivity index (χ0v) is 30.3. The molecule has 3 aromatic heterocycles. The van der Waals surface area contributed by atoms with E-state index in [1.165, 1.54) is 19.2 Å². The smallest absolute Gasteiger partial charge is 0.430 e. The van der Waals surface area contributed by atoms with Gasteiger partial charge in [0.15, 0.2) is 29.9 Å². The van der Waals surface area contributed by atoms with Gasteiger partial charge in [0.25, 0.3) is 17.9 Å². The highest BCUT2D eigenvalue weighted by Crippen LogP contribution is 2.33. The second-order valence-corrected chi connectivity index (χ2v) is 13.6. The number of aryl methyl sites for hydroxylation is 1. The largest absolute Gasteiger partial charge is 0.542 e. The van der Waals surface area contributed by atoms with E-state index in [4.69, 9.17) is 29.8 Å². The molecule has 1 unspecified atom stereocenters. The van der Waals surface area contributed by atoms with Crippen molar-refractivity contribution in [3.05, 3.63) is 53.7 Å². The number of hydroxylamine groups is 2. The van der Waals surface area contributed by atoms with E-state index in [0.29, 0.717) is 22.1 Å². The Labute approximate surface area is 311 Å². The third-order valence-corrected chi connectivity index (χ3v) is 8.48. The van der Waals surface area contributed by atoms with E-state index in [2.05, 4.69) is 30.0 Å². The summed E-state index contributed by atoms with van der Waals surface area (Å²) in [6.45, 7) is 2.20. The molecule has 1 saturated heterocycles. The summed E-state index contributed by atoms with van der Waals surface area (Å²) in [5.41, 5.74) is 4.30. The lowest BCUT2D eigenvalue weighted by Crippen LogP contribution is -2.76. The number of pyridine rings is 1. The minimum Gasteiger partial charge on any atom is -0.542 e. The SMILES string of the molecule is Cn1c(Nc2ccc3cc(OCC(O/N=C(\C(=O)N[C@@H]4C(=O)N(OS(=O)(=O)O)C4(C)C)c4csc(N)n4)C(=O)O)ccc3n2)cc[n+]1C.O=C([O-])C(F)(F)F. The van der Waals surface area contributed by atoms with Crippen LogP contribution < -0.4 is 30.9 Å². The predicted molar refractivity (Wildman–Crippen MR) is 179 cm³/mol. The van der Waals surface area contributed by atoms with Gasteiger partial charge in [-0.25, -0.2) is 14.8 Å². The number of benzene rings is 1. The Morgan fingerprint density at radius 2 is 1.87 bits per heavy atom. The van der Waals surface area contributed by atoms with E-state index in [0.717, 1.165) is 22.5 Å². The Bertz CT molecular complexity index is 2260. The number of anilines is 3. The maximum Gasteiger partial charge on any atom is 0.430 e. The van der Waals surface area contributed by atoms with E-state index >= 15 is 0 Å². The molecule has 6 N–H and O–H groups in total. The molecule has 21 nitrogen and oxygen atoms in total. The number of aromatic nitrogens is 4. The number of ether oxygens (including phenoxy) is 1. The number of alkyl halides is 3. The van der Waals surface area contributed by atoms with Crippen molar-refractivity contribution in [1.29, 1.82) is 0 Å². The first-order valence-electron chi connectivity index (χ1n) is 15.1. The van der Waals surface area contributed by atoms with Gasteiger partial charge in [0.05, 0.1) is 24.2 Å². The number of aliphatic carboxylic acids is 2. The number of nitrogens with one attached hydrogen (secondary N) is 2. The average Bonchev–Trinajstić information content (AvgIpc) is 3.66. The first kappa shape index (κ1) is 41.6. The number of rotatable bonds is 13. The number of carboxylic acid groups (broad SMARTS) is 2. The molecule has 4 heterocycles. The van der Waals surface area contributed by atoms with Gasteiger partial charge in [0.1, 0.15) is 35.9 Å². The third-order valence-electron chi connectivity index (χ3n) is 7.47. The van der Waals surface area contributed by atoms with Crippen LogP contribution in [0, 0.1) is 0 Å². The molecule has 1 aromatic carbocycles. The fourth-order valence-corrected chi connectivity index (χ4v) is 5.53. The summed E-state index contributed by atoms with van der Waals surface area (Å²) < 4.78 is 76.5. The molecule has 5 rings (SSSR count). The molecular formula is C29H30F3N9O12S2. The average molecular weight is 818 g/mol. The number of halogens is 3. The maximum absolute atomic E-state index is 13.2. The second kappa shape index (κ2) is 16.1. The number of β-lactam (4-membered cyclic amide) rings is 1. The lowest BCUT2D eigenvalue weighted by molar-refractivity contribution is -0.750. The molecule has 2 atom stereocenters. The number of hydrogen-bond acceptors (Lipinski definition) is 16. The van der Waals surface area contributed by atoms with Gasteiger partial charge in [-0.05, 0) is 44.2 Å². The summed E-state index contributed by atoms with van der Waals surface area (Å²) in [5, 5.41) is 30.4. The molecule has 0 aliphatic carbocycles. The van der Waals surface area contributed by atoms with Crippen molar-refractivity contribution in [3.8, 4) is 5.75 Å². The number of thiazole rings is 1. The molecule has 4 aromatic rings. The van der Waals surface area contributed by atoms with Gasteiger partial charge < -0.3 is 40.9 Å². The molecular weight excluding hydrogens is 787 g/mol. The number of carbonyl (C=O) groups is 4. The van der Waals surface area contributed by atoms with Crippen LogP contribution in [-0.2, 0) is 52.8 Å². The number of oxime groups is 1. The number of nitrogen functional groups attached to an aromatic ring is 1. The zero-order chi connectivity index (χ0) is 41.0.